The van der Waals surface area contributed by atoms with Crippen molar-refractivity contribution in [3.63, 3.8) is 0 Å². The molecule has 0 amide bonds. The van der Waals surface area contributed by atoms with E-state index in [4.69, 9.17) is 11.0 Å². The number of hydrogen-bond acceptors (Lipinski definition) is 4. The minimum Gasteiger partial charge on any atom is -0.394 e. The Labute approximate surface area is 91.4 Å². The van der Waals surface area contributed by atoms with Gasteiger partial charge >= 0.3 is 6.36 Å². The van der Waals surface area contributed by atoms with Gasteiger partial charge in [-0.3, -0.25) is 0 Å². The Bertz CT molecular complexity index is 465. The van der Waals surface area contributed by atoms with E-state index in [2.05, 4.69) is 9.72 Å². The number of alkyl halides is 5. The third kappa shape index (κ3) is 3.17. The quantitative estimate of drug-likeness (QED) is 0.821. The van der Waals surface area contributed by atoms with E-state index in [1.54, 1.807) is 0 Å². The van der Waals surface area contributed by atoms with Gasteiger partial charge in [0.05, 0.1) is 11.3 Å². The molecule has 0 saturated heterocycles. The highest BCUT2D eigenvalue weighted by Gasteiger charge is 2.33. The van der Waals surface area contributed by atoms with Gasteiger partial charge in [0.2, 0.25) is 5.88 Å². The highest BCUT2D eigenvalue weighted by atomic mass is 19.4. The number of nitriles is 1. The molecule has 0 radical (unpaired) electrons. The molecule has 0 fully saturated rings. The van der Waals surface area contributed by atoms with Crippen molar-refractivity contribution < 1.29 is 26.7 Å². The van der Waals surface area contributed by atoms with Crippen LogP contribution in [0.15, 0.2) is 6.07 Å². The lowest BCUT2D eigenvalue weighted by Gasteiger charge is -2.12. The fraction of sp³-hybridized carbons (Fsp3) is 0.250. The fourth-order valence-corrected chi connectivity index (χ4v) is 0.973. The van der Waals surface area contributed by atoms with Gasteiger partial charge in [0.15, 0.2) is 0 Å². The highest BCUT2D eigenvalue weighted by molar-refractivity contribution is 5.54. The number of anilines is 1. The Morgan fingerprint density at radius 3 is 2.41 bits per heavy atom. The number of aromatic nitrogens is 1. The minimum atomic E-state index is -5.10. The summed E-state index contributed by atoms with van der Waals surface area (Å²) in [5.41, 5.74) is 2.73. The van der Waals surface area contributed by atoms with Crippen molar-refractivity contribution in [2.75, 3.05) is 5.73 Å². The number of hydrogen-bond donors (Lipinski definition) is 1. The van der Waals surface area contributed by atoms with Crippen LogP contribution in [-0.4, -0.2) is 11.3 Å². The summed E-state index contributed by atoms with van der Waals surface area (Å²) in [6.45, 7) is 0. The largest absolute Gasteiger partial charge is 0.574 e. The van der Waals surface area contributed by atoms with Gasteiger partial charge in [-0.05, 0) is 6.07 Å². The number of ether oxygens (including phenoxy) is 1. The fourth-order valence-electron chi connectivity index (χ4n) is 0.973. The second-order valence-corrected chi connectivity index (χ2v) is 2.78. The molecule has 0 aliphatic rings. The van der Waals surface area contributed by atoms with Crippen molar-refractivity contribution >= 4 is 5.69 Å². The minimum absolute atomic E-state index is 0.605. The smallest absolute Gasteiger partial charge is 0.394 e. The van der Waals surface area contributed by atoms with Crippen LogP contribution < -0.4 is 10.5 Å². The lowest BCUT2D eigenvalue weighted by molar-refractivity contribution is -0.275. The van der Waals surface area contributed by atoms with Crippen molar-refractivity contribution in [1.29, 1.82) is 5.26 Å². The monoisotopic (exact) mass is 253 g/mol. The molecule has 0 aliphatic heterocycles. The first kappa shape index (κ1) is 13.0. The molecule has 0 unspecified atom stereocenters. The second kappa shape index (κ2) is 4.40. The van der Waals surface area contributed by atoms with E-state index in [9.17, 15) is 22.0 Å². The van der Waals surface area contributed by atoms with Crippen molar-refractivity contribution in [3.8, 4) is 11.9 Å². The Morgan fingerprint density at radius 1 is 1.41 bits per heavy atom. The molecule has 9 heteroatoms. The Kier molecular flexibility index (Phi) is 3.36. The molecule has 0 saturated carbocycles. The maximum absolute atomic E-state index is 12.4. The summed E-state index contributed by atoms with van der Waals surface area (Å²) < 4.78 is 63.7. The molecule has 17 heavy (non-hydrogen) atoms. The number of halogens is 5. The van der Waals surface area contributed by atoms with E-state index in [1.807, 2.05) is 0 Å². The second-order valence-electron chi connectivity index (χ2n) is 2.78. The summed E-state index contributed by atoms with van der Waals surface area (Å²) in [6.07, 6.45) is -8.31. The first-order valence-electron chi connectivity index (χ1n) is 3.99. The predicted molar refractivity (Wildman–Crippen MR) is 45.0 cm³/mol. The highest BCUT2D eigenvalue weighted by Crippen LogP contribution is 2.31. The lowest BCUT2D eigenvalue weighted by atomic mass is 10.2. The maximum atomic E-state index is 12.4. The van der Waals surface area contributed by atoms with Crippen LogP contribution in [0, 0.1) is 11.3 Å². The van der Waals surface area contributed by atoms with Crippen molar-refractivity contribution in [2.24, 2.45) is 0 Å². The molecule has 0 atom stereocenters. The average molecular weight is 253 g/mol. The standard InChI is InChI=1S/C8H4F5N3O/c9-6(10)5-3(2-14)1-4(15)7(16-5)17-8(11,12)13/h1,6H,15H2. The molecule has 1 aromatic rings. The zero-order valence-electron chi connectivity index (χ0n) is 7.92. The zero-order chi connectivity index (χ0) is 13.2. The summed E-state index contributed by atoms with van der Waals surface area (Å²) in [6, 6.07) is 2.00. The van der Waals surface area contributed by atoms with Crippen LogP contribution in [0.4, 0.5) is 27.6 Å². The van der Waals surface area contributed by atoms with Crippen LogP contribution >= 0.6 is 0 Å². The van der Waals surface area contributed by atoms with Gasteiger partial charge < -0.3 is 10.5 Å². The molecule has 0 spiro atoms. The van der Waals surface area contributed by atoms with Crippen LogP contribution in [0.1, 0.15) is 17.7 Å². The normalized spacial score (nSPS) is 11.4. The molecule has 92 valence electrons. The number of nitrogen functional groups attached to an aromatic ring is 1. The van der Waals surface area contributed by atoms with Crippen LogP contribution in [0.5, 0.6) is 5.88 Å². The molecular weight excluding hydrogens is 249 g/mol. The van der Waals surface area contributed by atoms with E-state index in [1.165, 1.54) is 6.07 Å². The first-order chi connectivity index (χ1) is 7.74. The van der Waals surface area contributed by atoms with E-state index in [0.717, 1.165) is 0 Å². The summed E-state index contributed by atoms with van der Waals surface area (Å²) in [7, 11) is 0. The van der Waals surface area contributed by atoms with Crippen molar-refractivity contribution in [2.45, 2.75) is 12.8 Å². The number of nitrogens with two attached hydrogens (primary N) is 1. The van der Waals surface area contributed by atoms with Crippen LogP contribution in [-0.2, 0) is 0 Å². The SMILES string of the molecule is N#Cc1cc(N)c(OC(F)(F)F)nc1C(F)F. The molecular formula is C8H4F5N3O. The van der Waals surface area contributed by atoms with Crippen LogP contribution in [0.25, 0.3) is 0 Å². The molecule has 1 aromatic heterocycles. The molecule has 4 nitrogen and oxygen atoms in total. The molecule has 0 aromatic carbocycles. The molecule has 0 aliphatic carbocycles. The third-order valence-corrected chi connectivity index (χ3v) is 1.58. The number of rotatable bonds is 2. The molecule has 1 rings (SSSR count). The van der Waals surface area contributed by atoms with E-state index < -0.39 is 35.6 Å². The maximum Gasteiger partial charge on any atom is 0.574 e. The first-order valence-corrected chi connectivity index (χ1v) is 3.99. The predicted octanol–water partition coefficient (Wildman–Crippen LogP) is 2.37. The third-order valence-electron chi connectivity index (χ3n) is 1.58. The van der Waals surface area contributed by atoms with Crippen LogP contribution in [0.2, 0.25) is 0 Å². The van der Waals surface area contributed by atoms with Gasteiger partial charge in [-0.2, -0.15) is 5.26 Å². The van der Waals surface area contributed by atoms with Gasteiger partial charge in [0.1, 0.15) is 11.8 Å². The van der Waals surface area contributed by atoms with Crippen molar-refractivity contribution in [3.05, 3.63) is 17.3 Å². The Balaban J connectivity index is 3.26. The van der Waals surface area contributed by atoms with Crippen LogP contribution in [0.3, 0.4) is 0 Å². The molecule has 2 N–H and O–H groups in total. The van der Waals surface area contributed by atoms with Gasteiger partial charge in [0, 0.05) is 0 Å². The van der Waals surface area contributed by atoms with E-state index in [0.29, 0.717) is 6.07 Å². The lowest BCUT2D eigenvalue weighted by Crippen LogP contribution is -2.19. The Hall–Kier alpha value is -2.11. The topological polar surface area (TPSA) is 71.9 Å². The Morgan fingerprint density at radius 2 is 2.00 bits per heavy atom. The number of pyridine rings is 1. The van der Waals surface area contributed by atoms with Gasteiger partial charge in [-0.15, -0.1) is 13.2 Å². The average Bonchev–Trinajstić information content (AvgIpc) is 2.18. The zero-order valence-corrected chi connectivity index (χ0v) is 7.92. The summed E-state index contributed by atoms with van der Waals surface area (Å²) in [4.78, 5) is 2.89. The molecule has 1 heterocycles. The molecule has 0 bridgehead atoms. The number of nitrogens with zero attached hydrogens (tertiary/aromatic N) is 2. The summed E-state index contributed by atoms with van der Waals surface area (Å²) in [5, 5.41) is 8.47. The van der Waals surface area contributed by atoms with Gasteiger partial charge in [-0.1, -0.05) is 0 Å². The van der Waals surface area contributed by atoms with Crippen molar-refractivity contribution in [1.82, 2.24) is 4.98 Å². The summed E-state index contributed by atoms with van der Waals surface area (Å²) >= 11 is 0. The van der Waals surface area contributed by atoms with E-state index in [-0.39, 0.29) is 0 Å². The van der Waals surface area contributed by atoms with E-state index >= 15 is 0 Å². The summed E-state index contributed by atoms with van der Waals surface area (Å²) in [5.74, 6) is -1.20. The van der Waals surface area contributed by atoms with Gasteiger partial charge in [-0.25, -0.2) is 13.8 Å². The van der Waals surface area contributed by atoms with Gasteiger partial charge in [0.25, 0.3) is 6.43 Å².